The van der Waals surface area contributed by atoms with E-state index in [0.717, 1.165) is 10.5 Å². The van der Waals surface area contributed by atoms with E-state index in [-0.39, 0.29) is 5.78 Å². The first-order valence-corrected chi connectivity index (χ1v) is 5.36. The third-order valence-corrected chi connectivity index (χ3v) is 2.75. The van der Waals surface area contributed by atoms with Gasteiger partial charge in [-0.05, 0) is 17.7 Å². The molecule has 0 unspecified atom stereocenters. The van der Waals surface area contributed by atoms with Gasteiger partial charge >= 0.3 is 0 Å². The van der Waals surface area contributed by atoms with Crippen molar-refractivity contribution in [3.63, 3.8) is 0 Å². The second-order valence-electron chi connectivity index (χ2n) is 2.69. The number of hydrogen-bond donors (Lipinski definition) is 2. The van der Waals surface area contributed by atoms with Crippen LogP contribution in [0.2, 0.25) is 0 Å². The van der Waals surface area contributed by atoms with Crippen LogP contribution in [0.1, 0.15) is 5.56 Å². The fourth-order valence-corrected chi connectivity index (χ4v) is 1.52. The Morgan fingerprint density at radius 1 is 1.54 bits per heavy atom. The Morgan fingerprint density at radius 3 is 2.77 bits per heavy atom. The molecule has 0 amide bonds. The molecule has 0 heterocycles. The third-order valence-electron chi connectivity index (χ3n) is 1.71. The SMILES string of the molecule is Nc1cccc(S)c1CC(=O)CBr. The van der Waals surface area contributed by atoms with Gasteiger partial charge in [-0.3, -0.25) is 4.79 Å². The fraction of sp³-hybridized carbons (Fsp3) is 0.222. The van der Waals surface area contributed by atoms with Crippen molar-refractivity contribution in [1.82, 2.24) is 0 Å². The first-order chi connectivity index (χ1) is 6.15. The molecule has 0 aliphatic heterocycles. The Bertz CT molecular complexity index is 307. The lowest BCUT2D eigenvalue weighted by Crippen LogP contribution is -2.06. The van der Waals surface area contributed by atoms with Crippen molar-refractivity contribution in [2.24, 2.45) is 0 Å². The predicted molar refractivity (Wildman–Crippen MR) is 60.6 cm³/mol. The Labute approximate surface area is 91.1 Å². The van der Waals surface area contributed by atoms with Gasteiger partial charge in [-0.1, -0.05) is 22.0 Å². The maximum absolute atomic E-state index is 11.1. The molecule has 0 fully saturated rings. The van der Waals surface area contributed by atoms with Crippen LogP contribution in [0.5, 0.6) is 0 Å². The first kappa shape index (κ1) is 10.6. The van der Waals surface area contributed by atoms with Crippen LogP contribution in [0.25, 0.3) is 0 Å². The molecule has 0 bridgehead atoms. The number of benzene rings is 1. The molecule has 0 saturated heterocycles. The topological polar surface area (TPSA) is 43.1 Å². The number of ketones is 1. The highest BCUT2D eigenvalue weighted by atomic mass is 79.9. The average Bonchev–Trinajstić information content (AvgIpc) is 2.11. The fourth-order valence-electron chi connectivity index (χ4n) is 1.03. The van der Waals surface area contributed by atoms with Crippen molar-refractivity contribution in [1.29, 1.82) is 0 Å². The number of Topliss-reactive ketones (excluding diaryl/α,β-unsaturated/α-hetero) is 1. The maximum atomic E-state index is 11.1. The van der Waals surface area contributed by atoms with Crippen LogP contribution in [-0.4, -0.2) is 11.1 Å². The highest BCUT2D eigenvalue weighted by Crippen LogP contribution is 2.21. The molecular formula is C9H10BrNOS. The highest BCUT2D eigenvalue weighted by molar-refractivity contribution is 9.09. The molecule has 2 nitrogen and oxygen atoms in total. The van der Waals surface area contributed by atoms with E-state index in [9.17, 15) is 4.79 Å². The van der Waals surface area contributed by atoms with Crippen molar-refractivity contribution in [3.8, 4) is 0 Å². The molecule has 1 rings (SSSR count). The molecule has 0 radical (unpaired) electrons. The van der Waals surface area contributed by atoms with Gasteiger partial charge in [-0.2, -0.15) is 0 Å². The number of thiol groups is 1. The summed E-state index contributed by atoms with van der Waals surface area (Å²) in [6, 6.07) is 5.42. The first-order valence-electron chi connectivity index (χ1n) is 3.79. The van der Waals surface area contributed by atoms with Crippen LogP contribution in [-0.2, 0) is 11.2 Å². The van der Waals surface area contributed by atoms with Crippen LogP contribution in [0.15, 0.2) is 23.1 Å². The quantitative estimate of drug-likeness (QED) is 0.496. The smallest absolute Gasteiger partial charge is 0.147 e. The summed E-state index contributed by atoms with van der Waals surface area (Å²) in [4.78, 5) is 11.9. The molecule has 4 heteroatoms. The van der Waals surface area contributed by atoms with Crippen LogP contribution < -0.4 is 5.73 Å². The number of rotatable bonds is 3. The summed E-state index contributed by atoms with van der Waals surface area (Å²) < 4.78 is 0. The number of nitrogen functional groups attached to an aromatic ring is 1. The monoisotopic (exact) mass is 259 g/mol. The van der Waals surface area contributed by atoms with Crippen molar-refractivity contribution in [2.75, 3.05) is 11.1 Å². The summed E-state index contributed by atoms with van der Waals surface area (Å²) in [5.41, 5.74) is 7.15. The number of nitrogens with two attached hydrogens (primary N) is 1. The van der Waals surface area contributed by atoms with E-state index in [4.69, 9.17) is 5.73 Å². The minimum Gasteiger partial charge on any atom is -0.398 e. The number of anilines is 1. The lowest BCUT2D eigenvalue weighted by atomic mass is 10.1. The molecule has 1 aromatic rings. The molecule has 70 valence electrons. The van der Waals surface area contributed by atoms with Gasteiger partial charge in [0.05, 0.1) is 5.33 Å². The van der Waals surface area contributed by atoms with Crippen molar-refractivity contribution >= 4 is 40.0 Å². The molecular weight excluding hydrogens is 250 g/mol. The van der Waals surface area contributed by atoms with E-state index in [2.05, 4.69) is 28.6 Å². The van der Waals surface area contributed by atoms with Gasteiger partial charge in [0.1, 0.15) is 5.78 Å². The van der Waals surface area contributed by atoms with Crippen LogP contribution in [0, 0.1) is 0 Å². The number of halogens is 1. The van der Waals surface area contributed by atoms with Crippen molar-refractivity contribution in [3.05, 3.63) is 23.8 Å². The van der Waals surface area contributed by atoms with E-state index < -0.39 is 0 Å². The van der Waals surface area contributed by atoms with Gasteiger partial charge in [0, 0.05) is 17.0 Å². The second kappa shape index (κ2) is 4.67. The molecule has 0 aliphatic carbocycles. The minimum absolute atomic E-state index is 0.105. The Kier molecular flexibility index (Phi) is 3.81. The molecule has 2 N–H and O–H groups in total. The Hall–Kier alpha value is -0.480. The van der Waals surface area contributed by atoms with Gasteiger partial charge < -0.3 is 5.73 Å². The molecule has 0 atom stereocenters. The molecule has 0 aliphatic rings. The van der Waals surface area contributed by atoms with Gasteiger partial charge in [0.15, 0.2) is 0 Å². The van der Waals surface area contributed by atoms with Crippen LogP contribution >= 0.6 is 28.6 Å². The third kappa shape index (κ3) is 2.74. The van der Waals surface area contributed by atoms with Crippen LogP contribution in [0.4, 0.5) is 5.69 Å². The molecule has 0 saturated carbocycles. The van der Waals surface area contributed by atoms with Crippen molar-refractivity contribution < 1.29 is 4.79 Å². The number of alkyl halides is 1. The summed E-state index contributed by atoms with van der Waals surface area (Å²) in [5, 5.41) is 0.356. The number of carbonyl (C=O) groups excluding carboxylic acids is 1. The van der Waals surface area contributed by atoms with E-state index in [1.54, 1.807) is 6.07 Å². The molecule has 13 heavy (non-hydrogen) atoms. The van der Waals surface area contributed by atoms with Crippen LogP contribution in [0.3, 0.4) is 0 Å². The van der Waals surface area contributed by atoms with Crippen molar-refractivity contribution in [2.45, 2.75) is 11.3 Å². The van der Waals surface area contributed by atoms with Gasteiger partial charge in [-0.25, -0.2) is 0 Å². The summed E-state index contributed by atoms with van der Waals surface area (Å²) >= 11 is 7.34. The molecule has 0 aromatic heterocycles. The zero-order valence-electron chi connectivity index (χ0n) is 6.96. The predicted octanol–water partition coefficient (Wildman–Crippen LogP) is 2.06. The Balaban J connectivity index is 2.93. The van der Waals surface area contributed by atoms with Gasteiger partial charge in [-0.15, -0.1) is 12.6 Å². The summed E-state index contributed by atoms with van der Waals surface area (Å²) in [5.74, 6) is 0.105. The lowest BCUT2D eigenvalue weighted by molar-refractivity contribution is -0.115. The summed E-state index contributed by atoms with van der Waals surface area (Å²) in [6.45, 7) is 0. The number of carbonyl (C=O) groups is 1. The highest BCUT2D eigenvalue weighted by Gasteiger charge is 2.07. The molecule has 1 aromatic carbocycles. The van der Waals surface area contributed by atoms with Gasteiger partial charge in [0.2, 0.25) is 0 Å². The standard InChI is InChI=1S/C9H10BrNOS/c10-5-6(12)4-7-8(11)2-1-3-9(7)13/h1-3,13H,4-5,11H2. The maximum Gasteiger partial charge on any atom is 0.147 e. The zero-order valence-corrected chi connectivity index (χ0v) is 9.44. The minimum atomic E-state index is 0.105. The lowest BCUT2D eigenvalue weighted by Gasteiger charge is -2.06. The van der Waals surface area contributed by atoms with E-state index in [0.29, 0.717) is 17.4 Å². The van der Waals surface area contributed by atoms with E-state index in [1.165, 1.54) is 0 Å². The number of hydrogen-bond acceptors (Lipinski definition) is 3. The average molecular weight is 260 g/mol. The normalized spacial score (nSPS) is 10.0. The van der Waals surface area contributed by atoms with E-state index >= 15 is 0 Å². The molecule has 0 spiro atoms. The van der Waals surface area contributed by atoms with E-state index in [1.807, 2.05) is 12.1 Å². The Morgan fingerprint density at radius 2 is 2.23 bits per heavy atom. The largest absolute Gasteiger partial charge is 0.398 e. The zero-order chi connectivity index (χ0) is 9.84. The second-order valence-corrected chi connectivity index (χ2v) is 3.74. The van der Waals surface area contributed by atoms with Gasteiger partial charge in [0.25, 0.3) is 0 Å². The summed E-state index contributed by atoms with van der Waals surface area (Å²) in [6.07, 6.45) is 0.344. The summed E-state index contributed by atoms with van der Waals surface area (Å²) in [7, 11) is 0.